The Hall–Kier alpha value is -0.530. The van der Waals surface area contributed by atoms with E-state index in [0.717, 1.165) is 12.8 Å². The molecule has 0 heterocycles. The minimum absolute atomic E-state index is 0.0365. The first-order valence-corrected chi connectivity index (χ1v) is 7.02. The molecule has 0 aromatic carbocycles. The van der Waals surface area contributed by atoms with E-state index in [1.54, 1.807) is 0 Å². The van der Waals surface area contributed by atoms with Crippen molar-refractivity contribution in [2.45, 2.75) is 64.2 Å². The number of hydrogen-bond acceptors (Lipinski definition) is 1. The minimum Gasteiger partial charge on any atom is -0.481 e. The zero-order valence-corrected chi connectivity index (χ0v) is 10.2. The van der Waals surface area contributed by atoms with Gasteiger partial charge in [0.1, 0.15) is 0 Å². The van der Waals surface area contributed by atoms with Crippen molar-refractivity contribution in [1.29, 1.82) is 0 Å². The SMILES string of the molecule is O=C(O)C1CCCCCC1C1CCCCC1. The van der Waals surface area contributed by atoms with E-state index in [-0.39, 0.29) is 5.92 Å². The van der Waals surface area contributed by atoms with Gasteiger partial charge in [-0.3, -0.25) is 4.79 Å². The van der Waals surface area contributed by atoms with Crippen LogP contribution in [0.15, 0.2) is 0 Å². The summed E-state index contributed by atoms with van der Waals surface area (Å²) in [6, 6.07) is 0. The molecule has 2 saturated carbocycles. The third kappa shape index (κ3) is 2.78. The molecule has 0 radical (unpaired) electrons. The molecule has 2 fully saturated rings. The van der Waals surface area contributed by atoms with Crippen LogP contribution in [0.25, 0.3) is 0 Å². The molecular formula is C14H24O2. The van der Waals surface area contributed by atoms with Gasteiger partial charge in [-0.25, -0.2) is 0 Å². The predicted molar refractivity (Wildman–Crippen MR) is 64.3 cm³/mol. The fourth-order valence-corrected chi connectivity index (χ4v) is 3.77. The summed E-state index contributed by atoms with van der Waals surface area (Å²) in [7, 11) is 0. The van der Waals surface area contributed by atoms with E-state index in [1.807, 2.05) is 0 Å². The van der Waals surface area contributed by atoms with Crippen molar-refractivity contribution in [3.05, 3.63) is 0 Å². The molecule has 16 heavy (non-hydrogen) atoms. The normalized spacial score (nSPS) is 33.2. The van der Waals surface area contributed by atoms with E-state index >= 15 is 0 Å². The Morgan fingerprint density at radius 1 is 0.812 bits per heavy atom. The van der Waals surface area contributed by atoms with Crippen LogP contribution in [0.1, 0.15) is 64.2 Å². The Bertz CT molecular complexity index is 231. The molecule has 0 aromatic rings. The molecular weight excluding hydrogens is 200 g/mol. The molecule has 0 aliphatic heterocycles. The molecule has 0 aromatic heterocycles. The maximum Gasteiger partial charge on any atom is 0.306 e. The van der Waals surface area contributed by atoms with Crippen molar-refractivity contribution in [2.75, 3.05) is 0 Å². The molecule has 0 bridgehead atoms. The lowest BCUT2D eigenvalue weighted by Crippen LogP contribution is -2.30. The summed E-state index contributed by atoms with van der Waals surface area (Å²) in [5, 5.41) is 9.36. The number of aliphatic carboxylic acids is 1. The first kappa shape index (κ1) is 11.9. The molecule has 2 rings (SSSR count). The van der Waals surface area contributed by atoms with E-state index in [1.165, 1.54) is 51.4 Å². The average molecular weight is 224 g/mol. The summed E-state index contributed by atoms with van der Waals surface area (Å²) in [5.41, 5.74) is 0. The Morgan fingerprint density at radius 2 is 1.38 bits per heavy atom. The first-order valence-electron chi connectivity index (χ1n) is 7.02. The molecule has 2 aliphatic carbocycles. The average Bonchev–Trinajstić information content (AvgIpc) is 2.55. The Kier molecular flexibility index (Phi) is 4.25. The standard InChI is InChI=1S/C14H24O2/c15-14(16)13-10-6-2-5-9-12(13)11-7-3-1-4-8-11/h11-13H,1-10H2,(H,15,16). The fraction of sp³-hybridized carbons (Fsp3) is 0.929. The van der Waals surface area contributed by atoms with E-state index < -0.39 is 5.97 Å². The smallest absolute Gasteiger partial charge is 0.306 e. The van der Waals surface area contributed by atoms with Gasteiger partial charge in [-0.2, -0.15) is 0 Å². The quantitative estimate of drug-likeness (QED) is 0.723. The minimum atomic E-state index is -0.530. The predicted octanol–water partition coefficient (Wildman–Crippen LogP) is 3.85. The maximum absolute atomic E-state index is 11.4. The highest BCUT2D eigenvalue weighted by molar-refractivity contribution is 5.70. The number of carbonyl (C=O) groups is 1. The zero-order valence-electron chi connectivity index (χ0n) is 10.2. The van der Waals surface area contributed by atoms with Crippen molar-refractivity contribution < 1.29 is 9.90 Å². The highest BCUT2D eigenvalue weighted by Gasteiger charge is 2.35. The second kappa shape index (κ2) is 5.70. The fourth-order valence-electron chi connectivity index (χ4n) is 3.77. The lowest BCUT2D eigenvalue weighted by atomic mass is 9.72. The van der Waals surface area contributed by atoms with E-state index in [2.05, 4.69) is 0 Å². The van der Waals surface area contributed by atoms with Gasteiger partial charge in [-0.15, -0.1) is 0 Å². The number of hydrogen-bond donors (Lipinski definition) is 1. The van der Waals surface area contributed by atoms with Crippen molar-refractivity contribution in [3.63, 3.8) is 0 Å². The van der Waals surface area contributed by atoms with Gasteiger partial charge in [0, 0.05) is 0 Å². The molecule has 0 spiro atoms. The van der Waals surface area contributed by atoms with Crippen molar-refractivity contribution in [2.24, 2.45) is 17.8 Å². The summed E-state index contributed by atoms with van der Waals surface area (Å²) in [6.07, 6.45) is 12.3. The summed E-state index contributed by atoms with van der Waals surface area (Å²) < 4.78 is 0. The molecule has 2 heteroatoms. The lowest BCUT2D eigenvalue weighted by Gasteiger charge is -2.33. The zero-order chi connectivity index (χ0) is 11.4. The van der Waals surface area contributed by atoms with Crippen LogP contribution in [-0.2, 0) is 4.79 Å². The topological polar surface area (TPSA) is 37.3 Å². The Morgan fingerprint density at radius 3 is 2.00 bits per heavy atom. The van der Waals surface area contributed by atoms with Crippen LogP contribution < -0.4 is 0 Å². The number of carboxylic acid groups (broad SMARTS) is 1. The van der Waals surface area contributed by atoms with Gasteiger partial charge < -0.3 is 5.11 Å². The van der Waals surface area contributed by atoms with Gasteiger partial charge in [0.2, 0.25) is 0 Å². The van der Waals surface area contributed by atoms with E-state index in [0.29, 0.717) is 11.8 Å². The molecule has 2 atom stereocenters. The molecule has 2 nitrogen and oxygen atoms in total. The monoisotopic (exact) mass is 224 g/mol. The van der Waals surface area contributed by atoms with Crippen molar-refractivity contribution >= 4 is 5.97 Å². The summed E-state index contributed by atoms with van der Waals surface area (Å²) >= 11 is 0. The molecule has 92 valence electrons. The van der Waals surface area contributed by atoms with Crippen LogP contribution in [0.2, 0.25) is 0 Å². The van der Waals surface area contributed by atoms with Crippen LogP contribution in [0.4, 0.5) is 0 Å². The second-order valence-electron chi connectivity index (χ2n) is 5.64. The lowest BCUT2D eigenvalue weighted by molar-refractivity contribution is -0.145. The largest absolute Gasteiger partial charge is 0.481 e. The van der Waals surface area contributed by atoms with Gasteiger partial charge in [-0.05, 0) is 24.7 Å². The summed E-state index contributed by atoms with van der Waals surface area (Å²) in [5.74, 6) is 0.635. The van der Waals surface area contributed by atoms with Crippen LogP contribution >= 0.6 is 0 Å². The van der Waals surface area contributed by atoms with Gasteiger partial charge in [0.05, 0.1) is 5.92 Å². The summed E-state index contributed by atoms with van der Waals surface area (Å²) in [4.78, 5) is 11.4. The highest BCUT2D eigenvalue weighted by Crippen LogP contribution is 2.40. The van der Waals surface area contributed by atoms with Crippen molar-refractivity contribution in [1.82, 2.24) is 0 Å². The van der Waals surface area contributed by atoms with Gasteiger partial charge in [0.15, 0.2) is 0 Å². The summed E-state index contributed by atoms with van der Waals surface area (Å²) in [6.45, 7) is 0. The Labute approximate surface area is 98.4 Å². The van der Waals surface area contributed by atoms with Crippen LogP contribution in [0, 0.1) is 17.8 Å². The van der Waals surface area contributed by atoms with Crippen LogP contribution in [0.3, 0.4) is 0 Å². The van der Waals surface area contributed by atoms with Crippen LogP contribution in [0.5, 0.6) is 0 Å². The number of rotatable bonds is 2. The van der Waals surface area contributed by atoms with Gasteiger partial charge >= 0.3 is 5.97 Å². The maximum atomic E-state index is 11.4. The third-order valence-electron chi connectivity index (χ3n) is 4.64. The first-order chi connectivity index (χ1) is 7.79. The van der Waals surface area contributed by atoms with E-state index in [4.69, 9.17) is 0 Å². The molecule has 2 unspecified atom stereocenters. The third-order valence-corrected chi connectivity index (χ3v) is 4.64. The van der Waals surface area contributed by atoms with Gasteiger partial charge in [-0.1, -0.05) is 51.4 Å². The van der Waals surface area contributed by atoms with E-state index in [9.17, 15) is 9.90 Å². The molecule has 2 aliphatic rings. The molecule has 1 N–H and O–H groups in total. The van der Waals surface area contributed by atoms with Crippen LogP contribution in [-0.4, -0.2) is 11.1 Å². The van der Waals surface area contributed by atoms with Crippen molar-refractivity contribution in [3.8, 4) is 0 Å². The molecule has 0 saturated heterocycles. The molecule has 0 amide bonds. The van der Waals surface area contributed by atoms with Gasteiger partial charge in [0.25, 0.3) is 0 Å². The second-order valence-corrected chi connectivity index (χ2v) is 5.64. The Balaban J connectivity index is 2.03. The number of carboxylic acids is 1. The highest BCUT2D eigenvalue weighted by atomic mass is 16.4.